The molecule has 132 valence electrons. The normalized spacial score (nSPS) is 13.1. The molecular weight excluding hydrogens is 324 g/mol. The molecule has 0 saturated carbocycles. The third-order valence-corrected chi connectivity index (χ3v) is 3.80. The van der Waals surface area contributed by atoms with Gasteiger partial charge in [0.2, 0.25) is 12.7 Å². The van der Waals surface area contributed by atoms with Crippen LogP contribution in [0.2, 0.25) is 0 Å². The molecule has 2 aromatic carbocycles. The van der Waals surface area contributed by atoms with Gasteiger partial charge in [-0.3, -0.25) is 4.79 Å². The molecule has 7 nitrogen and oxygen atoms in total. The lowest BCUT2D eigenvalue weighted by molar-refractivity contribution is -0.116. The molecule has 3 rings (SSSR count). The zero-order chi connectivity index (χ0) is 17.8. The van der Waals surface area contributed by atoms with E-state index in [2.05, 4.69) is 10.6 Å². The van der Waals surface area contributed by atoms with Gasteiger partial charge in [0.15, 0.2) is 23.0 Å². The van der Waals surface area contributed by atoms with Gasteiger partial charge in [-0.15, -0.1) is 0 Å². The molecule has 1 aliphatic heterocycles. The zero-order valence-electron chi connectivity index (χ0n) is 14.3. The molecule has 1 atom stereocenters. The summed E-state index contributed by atoms with van der Waals surface area (Å²) in [5.74, 6) is 2.35. The summed E-state index contributed by atoms with van der Waals surface area (Å²) in [5, 5.41) is 5.99. The quantitative estimate of drug-likeness (QED) is 0.839. The zero-order valence-corrected chi connectivity index (χ0v) is 14.3. The van der Waals surface area contributed by atoms with Gasteiger partial charge in [-0.05, 0) is 31.2 Å². The minimum absolute atomic E-state index is 0.173. The van der Waals surface area contributed by atoms with Gasteiger partial charge in [0.05, 0.1) is 14.2 Å². The fourth-order valence-electron chi connectivity index (χ4n) is 2.47. The molecule has 25 heavy (non-hydrogen) atoms. The molecule has 1 amide bonds. The van der Waals surface area contributed by atoms with E-state index in [1.165, 1.54) is 0 Å². The van der Waals surface area contributed by atoms with Crippen molar-refractivity contribution in [2.45, 2.75) is 13.0 Å². The highest BCUT2D eigenvalue weighted by Gasteiger charge is 2.17. The van der Waals surface area contributed by atoms with E-state index in [0.29, 0.717) is 28.7 Å². The van der Waals surface area contributed by atoms with E-state index in [-0.39, 0.29) is 12.7 Å². The molecule has 0 unspecified atom stereocenters. The van der Waals surface area contributed by atoms with E-state index < -0.39 is 6.04 Å². The molecular formula is C18H20N2O5. The number of benzene rings is 2. The van der Waals surface area contributed by atoms with E-state index in [1.54, 1.807) is 51.5 Å². The van der Waals surface area contributed by atoms with Gasteiger partial charge in [-0.1, -0.05) is 0 Å². The van der Waals surface area contributed by atoms with Crippen LogP contribution in [0.15, 0.2) is 36.4 Å². The third-order valence-electron chi connectivity index (χ3n) is 3.80. The number of amides is 1. The summed E-state index contributed by atoms with van der Waals surface area (Å²) < 4.78 is 21.0. The summed E-state index contributed by atoms with van der Waals surface area (Å²) in [5.41, 5.74) is 1.40. The number of ether oxygens (including phenoxy) is 4. The number of hydrogen-bond acceptors (Lipinski definition) is 6. The molecule has 2 N–H and O–H groups in total. The standard InChI is InChI=1S/C18H20N2O5/c1-11(19-12-4-6-14(22-2)16(8-12)23-3)18(21)20-13-5-7-15-17(9-13)25-10-24-15/h4-9,11,19H,10H2,1-3H3,(H,20,21)/t11-/m0/s1. The molecule has 0 fully saturated rings. The maximum absolute atomic E-state index is 12.4. The van der Waals surface area contributed by atoms with Crippen molar-refractivity contribution < 1.29 is 23.7 Å². The van der Waals surface area contributed by atoms with E-state index in [9.17, 15) is 4.79 Å². The Kier molecular flexibility index (Phi) is 4.83. The van der Waals surface area contributed by atoms with Gasteiger partial charge >= 0.3 is 0 Å². The summed E-state index contributed by atoms with van der Waals surface area (Å²) in [6.07, 6.45) is 0. The smallest absolute Gasteiger partial charge is 0.246 e. The monoisotopic (exact) mass is 344 g/mol. The fourth-order valence-corrected chi connectivity index (χ4v) is 2.47. The van der Waals surface area contributed by atoms with Crippen LogP contribution in [0.5, 0.6) is 23.0 Å². The van der Waals surface area contributed by atoms with Crippen molar-refractivity contribution in [2.24, 2.45) is 0 Å². The second-order valence-electron chi connectivity index (χ2n) is 5.49. The average molecular weight is 344 g/mol. The Hall–Kier alpha value is -3.09. The Labute approximate surface area is 145 Å². The Balaban J connectivity index is 1.64. The highest BCUT2D eigenvalue weighted by molar-refractivity contribution is 5.96. The van der Waals surface area contributed by atoms with Gasteiger partial charge in [-0.25, -0.2) is 0 Å². The van der Waals surface area contributed by atoms with Crippen molar-refractivity contribution in [2.75, 3.05) is 31.6 Å². The van der Waals surface area contributed by atoms with Crippen LogP contribution in [0.3, 0.4) is 0 Å². The van der Waals surface area contributed by atoms with Gasteiger partial charge in [0.1, 0.15) is 6.04 Å². The molecule has 1 heterocycles. The largest absolute Gasteiger partial charge is 0.493 e. The van der Waals surface area contributed by atoms with Crippen LogP contribution in [0, 0.1) is 0 Å². The SMILES string of the molecule is COc1ccc(N[C@@H](C)C(=O)Nc2ccc3c(c2)OCO3)cc1OC. The third kappa shape index (κ3) is 3.71. The van der Waals surface area contributed by atoms with Crippen molar-refractivity contribution in [1.29, 1.82) is 0 Å². The van der Waals surface area contributed by atoms with Gasteiger partial charge in [-0.2, -0.15) is 0 Å². The summed E-state index contributed by atoms with van der Waals surface area (Å²) >= 11 is 0. The number of methoxy groups -OCH3 is 2. The molecule has 0 spiro atoms. The van der Waals surface area contributed by atoms with E-state index in [4.69, 9.17) is 18.9 Å². The number of rotatable bonds is 6. The van der Waals surface area contributed by atoms with Crippen molar-refractivity contribution in [1.82, 2.24) is 0 Å². The van der Waals surface area contributed by atoms with Crippen LogP contribution in [-0.2, 0) is 4.79 Å². The van der Waals surface area contributed by atoms with Gasteiger partial charge < -0.3 is 29.6 Å². The first kappa shape index (κ1) is 16.8. The van der Waals surface area contributed by atoms with E-state index in [1.807, 2.05) is 6.07 Å². The number of hydrogen-bond donors (Lipinski definition) is 2. The Morgan fingerprint density at radius 1 is 1.00 bits per heavy atom. The minimum Gasteiger partial charge on any atom is -0.493 e. The number of carbonyl (C=O) groups is 1. The number of nitrogens with one attached hydrogen (secondary N) is 2. The van der Waals surface area contributed by atoms with Crippen LogP contribution in [0.4, 0.5) is 11.4 Å². The molecule has 0 radical (unpaired) electrons. The van der Waals surface area contributed by atoms with Crippen molar-refractivity contribution in [3.05, 3.63) is 36.4 Å². The topological polar surface area (TPSA) is 78.1 Å². The first-order chi connectivity index (χ1) is 12.1. The van der Waals surface area contributed by atoms with Crippen LogP contribution in [0.25, 0.3) is 0 Å². The molecule has 7 heteroatoms. The first-order valence-corrected chi connectivity index (χ1v) is 7.80. The number of carbonyl (C=O) groups excluding carboxylic acids is 1. The van der Waals surface area contributed by atoms with Crippen molar-refractivity contribution >= 4 is 17.3 Å². The molecule has 0 aliphatic carbocycles. The van der Waals surface area contributed by atoms with Gasteiger partial charge in [0, 0.05) is 23.5 Å². The molecule has 0 saturated heterocycles. The Morgan fingerprint density at radius 2 is 1.72 bits per heavy atom. The molecule has 0 bridgehead atoms. The summed E-state index contributed by atoms with van der Waals surface area (Å²) in [7, 11) is 3.14. The van der Waals surface area contributed by atoms with Crippen LogP contribution >= 0.6 is 0 Å². The molecule has 2 aromatic rings. The summed E-state index contributed by atoms with van der Waals surface area (Å²) in [6, 6.07) is 10.2. The van der Waals surface area contributed by atoms with Crippen molar-refractivity contribution in [3.63, 3.8) is 0 Å². The van der Waals surface area contributed by atoms with E-state index in [0.717, 1.165) is 5.69 Å². The van der Waals surface area contributed by atoms with Crippen LogP contribution in [0.1, 0.15) is 6.92 Å². The van der Waals surface area contributed by atoms with Crippen LogP contribution < -0.4 is 29.6 Å². The lowest BCUT2D eigenvalue weighted by Gasteiger charge is -2.17. The predicted octanol–water partition coefficient (Wildman–Crippen LogP) is 2.87. The second kappa shape index (κ2) is 7.21. The predicted molar refractivity (Wildman–Crippen MR) is 93.8 cm³/mol. The molecule has 0 aromatic heterocycles. The number of fused-ring (bicyclic) bond motifs is 1. The van der Waals surface area contributed by atoms with Gasteiger partial charge in [0.25, 0.3) is 0 Å². The lowest BCUT2D eigenvalue weighted by atomic mass is 10.2. The maximum Gasteiger partial charge on any atom is 0.246 e. The highest BCUT2D eigenvalue weighted by atomic mass is 16.7. The fraction of sp³-hybridized carbons (Fsp3) is 0.278. The number of anilines is 2. The Bertz CT molecular complexity index is 778. The van der Waals surface area contributed by atoms with Crippen molar-refractivity contribution in [3.8, 4) is 23.0 Å². The van der Waals surface area contributed by atoms with Crippen LogP contribution in [-0.4, -0.2) is 33.0 Å². The second-order valence-corrected chi connectivity index (χ2v) is 5.49. The average Bonchev–Trinajstić information content (AvgIpc) is 3.09. The summed E-state index contributed by atoms with van der Waals surface area (Å²) in [4.78, 5) is 12.4. The highest BCUT2D eigenvalue weighted by Crippen LogP contribution is 2.34. The minimum atomic E-state index is -0.455. The molecule has 1 aliphatic rings. The summed E-state index contributed by atoms with van der Waals surface area (Å²) in [6.45, 7) is 1.98. The maximum atomic E-state index is 12.4. The first-order valence-electron chi connectivity index (χ1n) is 7.80. The van der Waals surface area contributed by atoms with E-state index >= 15 is 0 Å². The Morgan fingerprint density at radius 3 is 2.48 bits per heavy atom. The lowest BCUT2D eigenvalue weighted by Crippen LogP contribution is -2.31.